The van der Waals surface area contributed by atoms with Crippen molar-refractivity contribution in [3.8, 4) is 0 Å². The summed E-state index contributed by atoms with van der Waals surface area (Å²) >= 11 is 0. The van der Waals surface area contributed by atoms with Crippen molar-refractivity contribution in [1.82, 2.24) is 4.31 Å². The van der Waals surface area contributed by atoms with Crippen LogP contribution in [0, 0.1) is 0 Å². The van der Waals surface area contributed by atoms with E-state index in [0.717, 1.165) is 32.1 Å². The maximum atomic E-state index is 12.7. The van der Waals surface area contributed by atoms with Gasteiger partial charge in [-0.15, -0.1) is 0 Å². The highest BCUT2D eigenvalue weighted by molar-refractivity contribution is 7.89. The monoisotopic (exact) mass is 295 g/mol. The van der Waals surface area contributed by atoms with Crippen LogP contribution in [0.2, 0.25) is 0 Å². The van der Waals surface area contributed by atoms with Crippen LogP contribution in [0.15, 0.2) is 23.1 Å². The Kier molecular flexibility index (Phi) is 3.84. The fourth-order valence-electron chi connectivity index (χ4n) is 3.31. The average molecular weight is 295 g/mol. The van der Waals surface area contributed by atoms with Gasteiger partial charge < -0.3 is 5.11 Å². The van der Waals surface area contributed by atoms with Crippen molar-refractivity contribution in [2.75, 3.05) is 13.2 Å². The molecular formula is C15H21NO3S. The van der Waals surface area contributed by atoms with E-state index in [9.17, 15) is 13.5 Å². The SMILES string of the molecule is O=S(=O)(c1ccc2c(c1)CCCC2)N1CCC[C@@H]1CO. The van der Waals surface area contributed by atoms with Gasteiger partial charge in [-0.05, 0) is 61.8 Å². The summed E-state index contributed by atoms with van der Waals surface area (Å²) in [5, 5.41) is 9.33. The predicted octanol–water partition coefficient (Wildman–Crippen LogP) is 1.71. The van der Waals surface area contributed by atoms with Gasteiger partial charge in [0.25, 0.3) is 0 Å². The molecular weight excluding hydrogens is 274 g/mol. The number of aliphatic hydroxyl groups excluding tert-OH is 1. The van der Waals surface area contributed by atoms with Crippen molar-refractivity contribution in [3.05, 3.63) is 29.3 Å². The molecule has 1 fully saturated rings. The fourth-order valence-corrected chi connectivity index (χ4v) is 5.05. The third-order valence-electron chi connectivity index (χ3n) is 4.46. The van der Waals surface area contributed by atoms with E-state index in [4.69, 9.17) is 0 Å². The molecule has 0 spiro atoms. The molecule has 1 N–H and O–H groups in total. The van der Waals surface area contributed by atoms with Gasteiger partial charge in [-0.2, -0.15) is 4.31 Å². The van der Waals surface area contributed by atoms with Gasteiger partial charge in [0.05, 0.1) is 11.5 Å². The van der Waals surface area contributed by atoms with Crippen molar-refractivity contribution in [2.45, 2.75) is 49.5 Å². The summed E-state index contributed by atoms with van der Waals surface area (Å²) in [5.41, 5.74) is 2.47. The van der Waals surface area contributed by atoms with Crippen LogP contribution in [-0.2, 0) is 22.9 Å². The molecule has 0 radical (unpaired) electrons. The molecule has 1 aromatic rings. The highest BCUT2D eigenvalue weighted by Gasteiger charge is 2.35. The number of fused-ring (bicyclic) bond motifs is 1. The Labute approximate surface area is 120 Å². The normalized spacial score (nSPS) is 23.8. The van der Waals surface area contributed by atoms with E-state index in [1.807, 2.05) is 12.1 Å². The number of aryl methyl sites for hydroxylation is 2. The Morgan fingerprint density at radius 1 is 1.15 bits per heavy atom. The number of hydrogen-bond donors (Lipinski definition) is 1. The molecule has 1 atom stereocenters. The molecule has 1 heterocycles. The van der Waals surface area contributed by atoms with Gasteiger partial charge >= 0.3 is 0 Å². The average Bonchev–Trinajstić information content (AvgIpc) is 2.96. The Morgan fingerprint density at radius 3 is 2.65 bits per heavy atom. The predicted molar refractivity (Wildman–Crippen MR) is 77.1 cm³/mol. The van der Waals surface area contributed by atoms with E-state index >= 15 is 0 Å². The first-order chi connectivity index (χ1) is 9.63. The second-order valence-electron chi connectivity index (χ2n) is 5.73. The van der Waals surface area contributed by atoms with E-state index in [2.05, 4.69) is 0 Å². The minimum absolute atomic E-state index is 0.0931. The molecule has 0 aromatic heterocycles. The van der Waals surface area contributed by atoms with Gasteiger partial charge in [0.1, 0.15) is 0 Å². The summed E-state index contributed by atoms with van der Waals surface area (Å²) in [6.45, 7) is 0.425. The summed E-state index contributed by atoms with van der Waals surface area (Å²) < 4.78 is 26.9. The molecule has 0 unspecified atom stereocenters. The number of nitrogens with zero attached hydrogens (tertiary/aromatic N) is 1. The van der Waals surface area contributed by atoms with Gasteiger partial charge in [0.2, 0.25) is 10.0 Å². The second kappa shape index (κ2) is 5.47. The van der Waals surface area contributed by atoms with Gasteiger partial charge in [-0.1, -0.05) is 6.07 Å². The third-order valence-corrected chi connectivity index (χ3v) is 6.41. The zero-order valence-corrected chi connectivity index (χ0v) is 12.4. The van der Waals surface area contributed by atoms with Crippen molar-refractivity contribution < 1.29 is 13.5 Å². The molecule has 3 rings (SSSR count). The van der Waals surface area contributed by atoms with Crippen molar-refractivity contribution in [3.63, 3.8) is 0 Å². The Hall–Kier alpha value is -0.910. The van der Waals surface area contributed by atoms with Crippen LogP contribution in [0.5, 0.6) is 0 Å². The fraction of sp³-hybridized carbons (Fsp3) is 0.600. The lowest BCUT2D eigenvalue weighted by molar-refractivity contribution is 0.213. The van der Waals surface area contributed by atoms with E-state index in [1.54, 1.807) is 6.07 Å². The Morgan fingerprint density at radius 2 is 1.90 bits per heavy atom. The summed E-state index contributed by atoms with van der Waals surface area (Å²) in [6.07, 6.45) is 5.94. The quantitative estimate of drug-likeness (QED) is 0.923. The summed E-state index contributed by atoms with van der Waals surface area (Å²) in [7, 11) is -3.46. The topological polar surface area (TPSA) is 57.6 Å². The number of hydrogen-bond acceptors (Lipinski definition) is 3. The Balaban J connectivity index is 1.95. The first-order valence-electron chi connectivity index (χ1n) is 7.37. The van der Waals surface area contributed by atoms with E-state index < -0.39 is 10.0 Å². The van der Waals surface area contributed by atoms with Crippen LogP contribution in [0.1, 0.15) is 36.8 Å². The molecule has 0 saturated carbocycles. The summed E-state index contributed by atoms with van der Waals surface area (Å²) in [4.78, 5) is 0.387. The molecule has 4 nitrogen and oxygen atoms in total. The molecule has 1 saturated heterocycles. The van der Waals surface area contributed by atoms with Crippen LogP contribution in [0.3, 0.4) is 0 Å². The smallest absolute Gasteiger partial charge is 0.243 e. The van der Waals surface area contributed by atoms with Crippen molar-refractivity contribution >= 4 is 10.0 Å². The second-order valence-corrected chi connectivity index (χ2v) is 7.62. The number of sulfonamides is 1. The molecule has 1 aliphatic heterocycles. The first kappa shape index (κ1) is 14.0. The van der Waals surface area contributed by atoms with Crippen LogP contribution < -0.4 is 0 Å². The molecule has 5 heteroatoms. The minimum atomic E-state index is -3.46. The molecule has 20 heavy (non-hydrogen) atoms. The number of benzene rings is 1. The lowest BCUT2D eigenvalue weighted by Crippen LogP contribution is -2.37. The van der Waals surface area contributed by atoms with Crippen LogP contribution >= 0.6 is 0 Å². The van der Waals surface area contributed by atoms with Crippen LogP contribution in [-0.4, -0.2) is 37.0 Å². The first-order valence-corrected chi connectivity index (χ1v) is 8.81. The molecule has 1 aromatic carbocycles. The van der Waals surface area contributed by atoms with E-state index in [0.29, 0.717) is 11.4 Å². The lowest BCUT2D eigenvalue weighted by Gasteiger charge is -2.24. The third kappa shape index (κ3) is 2.38. The number of aliphatic hydroxyl groups is 1. The molecule has 0 amide bonds. The molecule has 0 bridgehead atoms. The zero-order valence-electron chi connectivity index (χ0n) is 11.6. The van der Waals surface area contributed by atoms with E-state index in [1.165, 1.54) is 21.9 Å². The maximum Gasteiger partial charge on any atom is 0.243 e. The van der Waals surface area contributed by atoms with Gasteiger partial charge in [-0.3, -0.25) is 0 Å². The van der Waals surface area contributed by atoms with Crippen LogP contribution in [0.25, 0.3) is 0 Å². The van der Waals surface area contributed by atoms with Gasteiger partial charge in [0, 0.05) is 12.6 Å². The van der Waals surface area contributed by atoms with Crippen LogP contribution in [0.4, 0.5) is 0 Å². The highest BCUT2D eigenvalue weighted by atomic mass is 32.2. The summed E-state index contributed by atoms with van der Waals surface area (Å²) in [6, 6.07) is 5.28. The Bertz CT molecular complexity index is 597. The lowest BCUT2D eigenvalue weighted by atomic mass is 9.92. The molecule has 1 aliphatic carbocycles. The van der Waals surface area contributed by atoms with Gasteiger partial charge in [0.15, 0.2) is 0 Å². The van der Waals surface area contributed by atoms with Crippen molar-refractivity contribution in [2.24, 2.45) is 0 Å². The molecule has 110 valence electrons. The van der Waals surface area contributed by atoms with Gasteiger partial charge in [-0.25, -0.2) is 8.42 Å². The summed E-state index contributed by atoms with van der Waals surface area (Å²) in [5.74, 6) is 0. The highest BCUT2D eigenvalue weighted by Crippen LogP contribution is 2.29. The molecule has 2 aliphatic rings. The largest absolute Gasteiger partial charge is 0.395 e. The zero-order chi connectivity index (χ0) is 14.2. The maximum absolute atomic E-state index is 12.7. The van der Waals surface area contributed by atoms with Crippen molar-refractivity contribution in [1.29, 1.82) is 0 Å². The number of rotatable bonds is 3. The standard InChI is InChI=1S/C15H21NO3S/c17-11-14-6-3-9-16(14)20(18,19)15-8-7-12-4-1-2-5-13(12)10-15/h7-8,10,14,17H,1-6,9,11H2/t14-/m1/s1. The van der Waals surface area contributed by atoms with E-state index in [-0.39, 0.29) is 12.6 Å². The minimum Gasteiger partial charge on any atom is -0.395 e.